The maximum atomic E-state index is 10.5. The molecule has 0 aromatic carbocycles. The van der Waals surface area contributed by atoms with Crippen LogP contribution >= 0.6 is 11.8 Å². The molecule has 1 aromatic rings. The molecule has 0 fully saturated rings. The van der Waals surface area contributed by atoms with E-state index < -0.39 is 5.97 Å². The highest BCUT2D eigenvalue weighted by atomic mass is 32.2. The molecule has 102 valence electrons. The lowest BCUT2D eigenvalue weighted by atomic mass is 10.4. The van der Waals surface area contributed by atoms with Gasteiger partial charge in [-0.05, 0) is 29.9 Å². The van der Waals surface area contributed by atoms with Gasteiger partial charge in [0.15, 0.2) is 0 Å². The zero-order chi connectivity index (χ0) is 13.4. The summed E-state index contributed by atoms with van der Waals surface area (Å²) < 4.78 is 1.66. The molecule has 0 radical (unpaired) electrons. The number of aromatic nitrogens is 4. The Morgan fingerprint density at radius 2 is 2.22 bits per heavy atom. The molecule has 18 heavy (non-hydrogen) atoms. The Bertz CT molecular complexity index is 371. The monoisotopic (exact) mass is 273 g/mol. The van der Waals surface area contributed by atoms with Crippen LogP contribution in [-0.4, -0.2) is 61.6 Å². The minimum atomic E-state index is -0.865. The molecule has 1 heterocycles. The van der Waals surface area contributed by atoms with Gasteiger partial charge in [-0.25, -0.2) is 4.68 Å². The van der Waals surface area contributed by atoms with E-state index in [0.717, 1.165) is 37.8 Å². The predicted molar refractivity (Wildman–Crippen MR) is 68.6 cm³/mol. The Labute approximate surface area is 111 Å². The molecule has 0 spiro atoms. The largest absolute Gasteiger partial charge is 0.481 e. The third-order valence-electron chi connectivity index (χ3n) is 2.44. The summed E-state index contributed by atoms with van der Waals surface area (Å²) in [6, 6.07) is 0. The first kappa shape index (κ1) is 14.9. The molecule has 0 bridgehead atoms. The molecule has 7 nitrogen and oxygen atoms in total. The third kappa shape index (κ3) is 5.01. The zero-order valence-corrected chi connectivity index (χ0v) is 11.6. The van der Waals surface area contributed by atoms with Crippen molar-refractivity contribution in [2.45, 2.75) is 32.0 Å². The normalized spacial score (nSPS) is 11.1. The van der Waals surface area contributed by atoms with E-state index in [2.05, 4.69) is 34.3 Å². The van der Waals surface area contributed by atoms with Gasteiger partial charge >= 0.3 is 5.97 Å². The van der Waals surface area contributed by atoms with Crippen molar-refractivity contribution in [1.29, 1.82) is 0 Å². The van der Waals surface area contributed by atoms with Crippen molar-refractivity contribution in [3.8, 4) is 0 Å². The first-order chi connectivity index (χ1) is 8.67. The fourth-order valence-corrected chi connectivity index (χ4v) is 2.17. The molecule has 0 atom stereocenters. The van der Waals surface area contributed by atoms with Gasteiger partial charge in [-0.2, -0.15) is 0 Å². The topological polar surface area (TPSA) is 84.1 Å². The molecule has 0 aliphatic heterocycles. The van der Waals surface area contributed by atoms with Gasteiger partial charge < -0.3 is 10.0 Å². The summed E-state index contributed by atoms with van der Waals surface area (Å²) in [5.74, 6) is -0.886. The fraction of sp³-hybridized carbons (Fsp3) is 0.800. The number of hydrogen-bond acceptors (Lipinski definition) is 6. The molecule has 0 amide bonds. The van der Waals surface area contributed by atoms with Crippen molar-refractivity contribution in [3.63, 3.8) is 0 Å². The lowest BCUT2D eigenvalue weighted by Gasteiger charge is -2.19. The molecule has 0 unspecified atom stereocenters. The maximum absolute atomic E-state index is 10.5. The summed E-state index contributed by atoms with van der Waals surface area (Å²) in [5.41, 5.74) is 0. The number of thioether (sulfide) groups is 1. The van der Waals surface area contributed by atoms with Crippen molar-refractivity contribution in [2.24, 2.45) is 0 Å². The average Bonchev–Trinajstić information content (AvgIpc) is 2.79. The second kappa shape index (κ2) is 8.04. The first-order valence-corrected chi connectivity index (χ1v) is 6.99. The van der Waals surface area contributed by atoms with E-state index in [9.17, 15) is 4.79 Å². The fourth-order valence-electron chi connectivity index (χ4n) is 1.55. The molecule has 8 heteroatoms. The van der Waals surface area contributed by atoms with Crippen LogP contribution in [0.15, 0.2) is 5.16 Å². The van der Waals surface area contributed by atoms with Gasteiger partial charge in [-0.3, -0.25) is 4.79 Å². The van der Waals surface area contributed by atoms with Crippen LogP contribution in [0.5, 0.6) is 0 Å². The predicted octanol–water partition coefficient (Wildman–Crippen LogP) is 0.582. The summed E-state index contributed by atoms with van der Waals surface area (Å²) in [7, 11) is 0. The number of rotatable bonds is 9. The van der Waals surface area contributed by atoms with Crippen LogP contribution in [0.2, 0.25) is 0 Å². The molecule has 0 saturated carbocycles. The van der Waals surface area contributed by atoms with E-state index in [1.807, 2.05) is 0 Å². The quantitative estimate of drug-likeness (QED) is 0.659. The van der Waals surface area contributed by atoms with Crippen molar-refractivity contribution in [3.05, 3.63) is 0 Å². The number of aliphatic carboxylic acids is 1. The second-order valence-corrected chi connectivity index (χ2v) is 4.74. The number of carboxylic acid groups (broad SMARTS) is 1. The number of likely N-dealkylation sites (N-methyl/N-ethyl adjacent to an activating group) is 1. The van der Waals surface area contributed by atoms with Gasteiger partial charge in [0.25, 0.3) is 0 Å². The number of tetrazole rings is 1. The SMILES string of the molecule is CCCN(CC)CCn1nnnc1SCC(=O)O. The van der Waals surface area contributed by atoms with Crippen LogP contribution < -0.4 is 0 Å². The maximum Gasteiger partial charge on any atom is 0.313 e. The average molecular weight is 273 g/mol. The number of hydrogen-bond donors (Lipinski definition) is 1. The molecular formula is C10H19N5O2S. The highest BCUT2D eigenvalue weighted by Crippen LogP contribution is 2.12. The van der Waals surface area contributed by atoms with E-state index in [1.165, 1.54) is 0 Å². The van der Waals surface area contributed by atoms with Gasteiger partial charge in [0.2, 0.25) is 5.16 Å². The molecule has 0 saturated heterocycles. The Hall–Kier alpha value is -1.15. The van der Waals surface area contributed by atoms with Crippen molar-refractivity contribution in [1.82, 2.24) is 25.1 Å². The van der Waals surface area contributed by atoms with Gasteiger partial charge in [0.05, 0.1) is 12.3 Å². The lowest BCUT2D eigenvalue weighted by Crippen LogP contribution is -2.28. The standard InChI is InChI=1S/C10H19N5O2S/c1-3-5-14(4-2)6-7-15-10(11-12-13-15)18-8-9(16)17/h3-8H2,1-2H3,(H,16,17). The number of carboxylic acids is 1. The van der Waals surface area contributed by atoms with E-state index in [0.29, 0.717) is 11.7 Å². The van der Waals surface area contributed by atoms with E-state index >= 15 is 0 Å². The van der Waals surface area contributed by atoms with Gasteiger partial charge in [-0.15, -0.1) is 5.10 Å². The third-order valence-corrected chi connectivity index (χ3v) is 3.38. The smallest absolute Gasteiger partial charge is 0.313 e. The Morgan fingerprint density at radius 1 is 1.44 bits per heavy atom. The van der Waals surface area contributed by atoms with Crippen LogP contribution in [-0.2, 0) is 11.3 Å². The molecule has 1 aromatic heterocycles. The van der Waals surface area contributed by atoms with Crippen LogP contribution in [0.25, 0.3) is 0 Å². The number of nitrogens with zero attached hydrogens (tertiary/aromatic N) is 5. The Kier molecular flexibility index (Phi) is 6.66. The Morgan fingerprint density at radius 3 is 2.83 bits per heavy atom. The molecule has 0 aliphatic carbocycles. The Balaban J connectivity index is 2.46. The molecular weight excluding hydrogens is 254 g/mol. The summed E-state index contributed by atoms with van der Waals surface area (Å²) in [4.78, 5) is 12.8. The van der Waals surface area contributed by atoms with E-state index in [4.69, 9.17) is 5.11 Å². The minimum absolute atomic E-state index is 0.0210. The van der Waals surface area contributed by atoms with Crippen LogP contribution in [0.1, 0.15) is 20.3 Å². The van der Waals surface area contributed by atoms with Crippen molar-refractivity contribution < 1.29 is 9.90 Å². The lowest BCUT2D eigenvalue weighted by molar-refractivity contribution is -0.133. The highest BCUT2D eigenvalue weighted by molar-refractivity contribution is 7.99. The van der Waals surface area contributed by atoms with Crippen molar-refractivity contribution >= 4 is 17.7 Å². The number of carbonyl (C=O) groups is 1. The minimum Gasteiger partial charge on any atom is -0.481 e. The first-order valence-electron chi connectivity index (χ1n) is 6.00. The molecule has 1 rings (SSSR count). The summed E-state index contributed by atoms with van der Waals surface area (Å²) in [6.07, 6.45) is 1.12. The van der Waals surface area contributed by atoms with E-state index in [1.54, 1.807) is 4.68 Å². The van der Waals surface area contributed by atoms with Gasteiger partial charge in [0, 0.05) is 6.54 Å². The molecule has 1 N–H and O–H groups in total. The van der Waals surface area contributed by atoms with Crippen LogP contribution in [0.4, 0.5) is 0 Å². The zero-order valence-electron chi connectivity index (χ0n) is 10.7. The van der Waals surface area contributed by atoms with Gasteiger partial charge in [0.1, 0.15) is 0 Å². The summed E-state index contributed by atoms with van der Waals surface area (Å²) >= 11 is 1.14. The van der Waals surface area contributed by atoms with Gasteiger partial charge in [-0.1, -0.05) is 25.6 Å². The summed E-state index contributed by atoms with van der Waals surface area (Å²) in [6.45, 7) is 7.87. The molecule has 0 aliphatic rings. The highest BCUT2D eigenvalue weighted by Gasteiger charge is 2.10. The summed E-state index contributed by atoms with van der Waals surface area (Å²) in [5, 5.41) is 20.5. The van der Waals surface area contributed by atoms with E-state index in [-0.39, 0.29) is 5.75 Å². The van der Waals surface area contributed by atoms with Crippen molar-refractivity contribution in [2.75, 3.05) is 25.4 Å². The van der Waals surface area contributed by atoms with Crippen LogP contribution in [0.3, 0.4) is 0 Å². The van der Waals surface area contributed by atoms with Crippen LogP contribution in [0, 0.1) is 0 Å². The second-order valence-electron chi connectivity index (χ2n) is 3.80.